The van der Waals surface area contributed by atoms with E-state index in [9.17, 15) is 14.0 Å². The predicted octanol–water partition coefficient (Wildman–Crippen LogP) is 4.40. The highest BCUT2D eigenvalue weighted by Crippen LogP contribution is 2.18. The molecule has 0 radical (unpaired) electrons. The van der Waals surface area contributed by atoms with Crippen LogP contribution in [0.5, 0.6) is 0 Å². The topological polar surface area (TPSA) is 72.1 Å². The van der Waals surface area contributed by atoms with Crippen LogP contribution >= 0.6 is 0 Å². The average molecular weight is 404 g/mol. The second-order valence-corrected chi connectivity index (χ2v) is 7.00. The number of ketones is 1. The van der Waals surface area contributed by atoms with Gasteiger partial charge < -0.3 is 9.30 Å². The Morgan fingerprint density at radius 2 is 1.83 bits per heavy atom. The van der Waals surface area contributed by atoms with Crippen molar-refractivity contribution in [1.82, 2.24) is 4.57 Å². The van der Waals surface area contributed by atoms with Crippen LogP contribution in [0.4, 0.5) is 4.39 Å². The molecule has 0 bridgehead atoms. The maximum absolute atomic E-state index is 13.1. The first-order chi connectivity index (χ1) is 14.4. The molecule has 5 nitrogen and oxygen atoms in total. The number of ether oxygens (including phenoxy) is 1. The summed E-state index contributed by atoms with van der Waals surface area (Å²) in [5, 5.41) is 8.92. The number of Topliss-reactive ketones (excluding diaryl/α,β-unsaturated/α-hetero) is 1. The fourth-order valence-electron chi connectivity index (χ4n) is 3.33. The molecular formula is C24H21FN2O3. The van der Waals surface area contributed by atoms with Crippen LogP contribution in [-0.2, 0) is 17.7 Å². The summed E-state index contributed by atoms with van der Waals surface area (Å²) < 4.78 is 20.2. The average Bonchev–Trinajstić information content (AvgIpc) is 3.05. The first-order valence-electron chi connectivity index (χ1n) is 9.50. The quantitative estimate of drug-likeness (QED) is 0.432. The highest BCUT2D eigenvalue weighted by atomic mass is 19.1. The Hall–Kier alpha value is -3.72. The molecule has 0 N–H and O–H groups in total. The molecule has 0 saturated heterocycles. The van der Waals surface area contributed by atoms with Crippen LogP contribution in [0.15, 0.2) is 54.6 Å². The maximum atomic E-state index is 13.1. The molecule has 0 aliphatic carbocycles. The van der Waals surface area contributed by atoms with Crippen molar-refractivity contribution in [3.05, 3.63) is 94.1 Å². The SMILES string of the molecule is Cc1cc(C(=O)COC(=O)c2cccc(C#N)c2)c(C)n1CCc1ccc(F)cc1. The Labute approximate surface area is 174 Å². The lowest BCUT2D eigenvalue weighted by molar-refractivity contribution is 0.0474. The molecule has 0 spiro atoms. The van der Waals surface area contributed by atoms with Crippen molar-refractivity contribution >= 4 is 11.8 Å². The lowest BCUT2D eigenvalue weighted by Gasteiger charge is -2.10. The third-order valence-electron chi connectivity index (χ3n) is 4.97. The zero-order valence-corrected chi connectivity index (χ0v) is 16.8. The third kappa shape index (κ3) is 4.81. The molecular weight excluding hydrogens is 383 g/mol. The van der Waals surface area contributed by atoms with Gasteiger partial charge in [0, 0.05) is 23.5 Å². The van der Waals surface area contributed by atoms with Gasteiger partial charge in [0.1, 0.15) is 5.82 Å². The van der Waals surface area contributed by atoms with Crippen LogP contribution in [0.3, 0.4) is 0 Å². The van der Waals surface area contributed by atoms with Crippen molar-refractivity contribution in [2.45, 2.75) is 26.8 Å². The van der Waals surface area contributed by atoms with Crippen LogP contribution in [0.1, 0.15) is 43.2 Å². The fraction of sp³-hybridized carbons (Fsp3) is 0.208. The van der Waals surface area contributed by atoms with Crippen LogP contribution in [0.25, 0.3) is 0 Å². The number of nitrogens with zero attached hydrogens (tertiary/aromatic N) is 2. The molecule has 1 heterocycles. The molecule has 0 aliphatic rings. The second kappa shape index (κ2) is 9.19. The fourth-order valence-corrected chi connectivity index (χ4v) is 3.33. The molecule has 3 aromatic rings. The van der Waals surface area contributed by atoms with Gasteiger partial charge in [0.05, 0.1) is 17.2 Å². The highest BCUT2D eigenvalue weighted by molar-refractivity contribution is 6.00. The van der Waals surface area contributed by atoms with E-state index in [1.54, 1.807) is 30.3 Å². The Bertz CT molecular complexity index is 1120. The molecule has 0 amide bonds. The molecule has 30 heavy (non-hydrogen) atoms. The van der Waals surface area contributed by atoms with Crippen molar-refractivity contribution in [2.24, 2.45) is 0 Å². The summed E-state index contributed by atoms with van der Waals surface area (Å²) in [6, 6.07) is 16.2. The molecule has 0 fully saturated rings. The van der Waals surface area contributed by atoms with Crippen molar-refractivity contribution in [2.75, 3.05) is 6.61 Å². The maximum Gasteiger partial charge on any atom is 0.338 e. The molecule has 0 atom stereocenters. The Morgan fingerprint density at radius 1 is 1.10 bits per heavy atom. The molecule has 6 heteroatoms. The van der Waals surface area contributed by atoms with Crippen LogP contribution in [0.2, 0.25) is 0 Å². The number of hydrogen-bond acceptors (Lipinski definition) is 4. The number of rotatable bonds is 7. The minimum Gasteiger partial charge on any atom is -0.454 e. The zero-order valence-electron chi connectivity index (χ0n) is 16.8. The number of carbonyl (C=O) groups excluding carboxylic acids is 2. The summed E-state index contributed by atoms with van der Waals surface area (Å²) in [6.45, 7) is 4.03. The van der Waals surface area contributed by atoms with E-state index in [0.717, 1.165) is 17.0 Å². The van der Waals surface area contributed by atoms with E-state index in [2.05, 4.69) is 0 Å². The number of esters is 1. The molecule has 0 saturated carbocycles. The first-order valence-corrected chi connectivity index (χ1v) is 9.50. The second-order valence-electron chi connectivity index (χ2n) is 7.00. The van der Waals surface area contributed by atoms with Crippen molar-refractivity contribution in [3.8, 4) is 6.07 Å². The molecule has 0 unspecified atom stereocenters. The molecule has 152 valence electrons. The lowest BCUT2D eigenvalue weighted by Crippen LogP contribution is -2.15. The summed E-state index contributed by atoms with van der Waals surface area (Å²) in [4.78, 5) is 24.8. The number of halogens is 1. The Balaban J connectivity index is 1.64. The largest absolute Gasteiger partial charge is 0.454 e. The summed E-state index contributed by atoms with van der Waals surface area (Å²) in [5.74, 6) is -1.21. The minimum atomic E-state index is -0.648. The number of aryl methyl sites for hydroxylation is 2. The summed E-state index contributed by atoms with van der Waals surface area (Å²) in [7, 11) is 0. The standard InChI is InChI=1S/C24H21FN2O3/c1-16-12-22(17(2)27(16)11-10-18-6-8-21(25)9-7-18)23(28)15-30-24(29)20-5-3-4-19(13-20)14-26/h3-9,12-13H,10-11,15H2,1-2H3. The number of hydrogen-bond donors (Lipinski definition) is 0. The lowest BCUT2D eigenvalue weighted by atomic mass is 10.1. The van der Waals surface area contributed by atoms with Crippen LogP contribution in [0, 0.1) is 31.0 Å². The highest BCUT2D eigenvalue weighted by Gasteiger charge is 2.18. The van der Waals surface area contributed by atoms with Crippen LogP contribution in [-0.4, -0.2) is 22.9 Å². The number of carbonyl (C=O) groups is 2. The van der Waals surface area contributed by atoms with E-state index < -0.39 is 5.97 Å². The van der Waals surface area contributed by atoms with Gasteiger partial charge in [0.15, 0.2) is 6.61 Å². The normalized spacial score (nSPS) is 10.5. The van der Waals surface area contributed by atoms with E-state index in [1.165, 1.54) is 24.3 Å². The Kier molecular flexibility index (Phi) is 6.43. The number of benzene rings is 2. The summed E-state index contributed by atoms with van der Waals surface area (Å²) in [5.41, 5.74) is 3.80. The molecule has 2 aromatic carbocycles. The van der Waals surface area contributed by atoms with Gasteiger partial charge in [-0.1, -0.05) is 18.2 Å². The summed E-state index contributed by atoms with van der Waals surface area (Å²) >= 11 is 0. The number of nitriles is 1. The van der Waals surface area contributed by atoms with Gasteiger partial charge in [-0.2, -0.15) is 5.26 Å². The van der Waals surface area contributed by atoms with Gasteiger partial charge in [0.25, 0.3) is 0 Å². The van der Waals surface area contributed by atoms with Gasteiger partial charge in [-0.3, -0.25) is 4.79 Å². The predicted molar refractivity (Wildman–Crippen MR) is 110 cm³/mol. The first kappa shape index (κ1) is 21.0. The van der Waals surface area contributed by atoms with Crippen molar-refractivity contribution in [3.63, 3.8) is 0 Å². The van der Waals surface area contributed by atoms with E-state index in [-0.39, 0.29) is 23.8 Å². The number of aromatic nitrogens is 1. The van der Waals surface area contributed by atoms with Crippen molar-refractivity contribution < 1.29 is 18.7 Å². The van der Waals surface area contributed by atoms with Gasteiger partial charge in [-0.25, -0.2) is 9.18 Å². The van der Waals surface area contributed by atoms with Crippen molar-refractivity contribution in [1.29, 1.82) is 5.26 Å². The smallest absolute Gasteiger partial charge is 0.338 e. The monoisotopic (exact) mass is 404 g/mol. The van der Waals surface area contributed by atoms with E-state index in [4.69, 9.17) is 10.00 Å². The summed E-state index contributed by atoms with van der Waals surface area (Å²) in [6.07, 6.45) is 0.703. The minimum absolute atomic E-state index is 0.228. The Morgan fingerprint density at radius 3 is 2.53 bits per heavy atom. The van der Waals surface area contributed by atoms with Gasteiger partial charge in [0.2, 0.25) is 5.78 Å². The molecule has 1 aromatic heterocycles. The van der Waals surface area contributed by atoms with E-state index in [1.807, 2.05) is 24.5 Å². The van der Waals surface area contributed by atoms with Gasteiger partial charge in [-0.05, 0) is 62.2 Å². The molecule has 3 rings (SSSR count). The zero-order chi connectivity index (χ0) is 21.7. The van der Waals surface area contributed by atoms with Gasteiger partial charge in [-0.15, -0.1) is 0 Å². The van der Waals surface area contributed by atoms with E-state index >= 15 is 0 Å². The molecule has 0 aliphatic heterocycles. The van der Waals surface area contributed by atoms with E-state index in [0.29, 0.717) is 24.1 Å². The van der Waals surface area contributed by atoms with Gasteiger partial charge >= 0.3 is 5.97 Å². The third-order valence-corrected chi connectivity index (χ3v) is 4.97. The van der Waals surface area contributed by atoms with Crippen LogP contribution < -0.4 is 0 Å².